The Kier molecular flexibility index (Phi) is 8.91. The molecule has 6 nitrogen and oxygen atoms in total. The molecule has 0 amide bonds. The maximum atomic E-state index is 10.4. The van der Waals surface area contributed by atoms with Gasteiger partial charge in [0.2, 0.25) is 0 Å². The summed E-state index contributed by atoms with van der Waals surface area (Å²) >= 11 is 5.26. The zero-order valence-corrected chi connectivity index (χ0v) is 20.8. The van der Waals surface area contributed by atoms with Crippen LogP contribution in [0.3, 0.4) is 0 Å². The lowest BCUT2D eigenvalue weighted by Gasteiger charge is -2.17. The molecule has 3 heterocycles. The third kappa shape index (κ3) is 6.45. The van der Waals surface area contributed by atoms with E-state index in [0.717, 1.165) is 42.8 Å². The van der Waals surface area contributed by atoms with Crippen molar-refractivity contribution in [2.45, 2.75) is 26.2 Å². The molecule has 0 unspecified atom stereocenters. The molecule has 0 aromatic carbocycles. The molecule has 0 aliphatic heterocycles. The second kappa shape index (κ2) is 11.9. The normalized spacial score (nSPS) is 12.5. The van der Waals surface area contributed by atoms with Gasteiger partial charge in [0.25, 0.3) is 0 Å². The Morgan fingerprint density at radius 3 is 3.03 bits per heavy atom. The van der Waals surface area contributed by atoms with Gasteiger partial charge in [0, 0.05) is 31.1 Å². The van der Waals surface area contributed by atoms with Crippen molar-refractivity contribution >= 4 is 44.3 Å². The highest BCUT2D eigenvalue weighted by Gasteiger charge is 2.13. The van der Waals surface area contributed by atoms with Gasteiger partial charge < -0.3 is 15.3 Å². The number of hydrogen-bond donors (Lipinski definition) is 2. The van der Waals surface area contributed by atoms with Crippen LogP contribution in [-0.4, -0.2) is 51.3 Å². The minimum Gasteiger partial charge on any atom is -0.508 e. The Hall–Kier alpha value is -2.60. The van der Waals surface area contributed by atoms with Crippen LogP contribution in [0.15, 0.2) is 51.5 Å². The van der Waals surface area contributed by atoms with Crippen LogP contribution in [0, 0.1) is 12.3 Å². The number of thiophene rings is 1. The van der Waals surface area contributed by atoms with Crippen LogP contribution in [0.1, 0.15) is 31.0 Å². The first-order valence-corrected chi connectivity index (χ1v) is 12.2. The molecule has 32 heavy (non-hydrogen) atoms. The highest BCUT2D eigenvalue weighted by atomic mass is 79.9. The molecule has 168 valence electrons. The average Bonchev–Trinajstić information content (AvgIpc) is 3.45. The molecule has 3 aromatic heterocycles. The van der Waals surface area contributed by atoms with Crippen LogP contribution in [0.5, 0.6) is 0 Å². The number of aromatic nitrogens is 3. The van der Waals surface area contributed by atoms with E-state index >= 15 is 0 Å². The van der Waals surface area contributed by atoms with Gasteiger partial charge in [-0.2, -0.15) is 21.0 Å². The zero-order chi connectivity index (χ0) is 22.9. The summed E-state index contributed by atoms with van der Waals surface area (Å²) in [5, 5.41) is 22.6. The Balaban J connectivity index is 1.65. The third-order valence-electron chi connectivity index (χ3n) is 5.09. The molecule has 0 aliphatic rings. The monoisotopic (exact) mass is 513 g/mol. The summed E-state index contributed by atoms with van der Waals surface area (Å²) < 4.78 is 2.57. The van der Waals surface area contributed by atoms with Crippen molar-refractivity contribution in [3.63, 3.8) is 0 Å². The van der Waals surface area contributed by atoms with E-state index in [2.05, 4.69) is 66.0 Å². The summed E-state index contributed by atoms with van der Waals surface area (Å²) in [6.07, 6.45) is 12.9. The maximum Gasteiger partial charge on any atom is 0.172 e. The fourth-order valence-corrected chi connectivity index (χ4v) is 4.23. The summed E-state index contributed by atoms with van der Waals surface area (Å²) in [6.45, 7) is 4.68. The Morgan fingerprint density at radius 1 is 1.44 bits per heavy atom. The van der Waals surface area contributed by atoms with Gasteiger partial charge in [-0.05, 0) is 77.8 Å². The van der Waals surface area contributed by atoms with E-state index in [-0.39, 0.29) is 5.76 Å². The average molecular weight is 514 g/mol. The van der Waals surface area contributed by atoms with Crippen molar-refractivity contribution in [2.75, 3.05) is 32.0 Å². The highest BCUT2D eigenvalue weighted by molar-refractivity contribution is 9.10. The van der Waals surface area contributed by atoms with Crippen molar-refractivity contribution in [1.29, 1.82) is 0 Å². The van der Waals surface area contributed by atoms with Crippen LogP contribution < -0.4 is 5.32 Å². The Labute approximate surface area is 201 Å². The summed E-state index contributed by atoms with van der Waals surface area (Å²) in [6, 6.07) is 4.10. The first kappa shape index (κ1) is 24.1. The molecule has 0 radical (unpaired) electrons. The van der Waals surface area contributed by atoms with Gasteiger partial charge in [-0.1, -0.05) is 6.08 Å². The SMILES string of the molecule is C#CC/C=C\C(O)=C(/C)c1cc(NCCCN(C)CCc2ccsc2)n2ncc(Br)c2n1. The number of likely N-dealkylation sites (N-methyl/N-ethyl adjacent to an activating group) is 1. The van der Waals surface area contributed by atoms with Gasteiger partial charge in [0.1, 0.15) is 11.6 Å². The maximum absolute atomic E-state index is 10.4. The third-order valence-corrected chi connectivity index (χ3v) is 6.39. The molecule has 0 spiro atoms. The lowest BCUT2D eigenvalue weighted by Crippen LogP contribution is -2.24. The molecule has 0 atom stereocenters. The van der Waals surface area contributed by atoms with Crippen molar-refractivity contribution < 1.29 is 5.11 Å². The fourth-order valence-electron chi connectivity index (χ4n) is 3.18. The molecular formula is C24H28BrN5OS. The van der Waals surface area contributed by atoms with Crippen LogP contribution >= 0.6 is 27.3 Å². The van der Waals surface area contributed by atoms with E-state index in [1.807, 2.05) is 13.0 Å². The van der Waals surface area contributed by atoms with Crippen molar-refractivity contribution in [1.82, 2.24) is 19.5 Å². The first-order chi connectivity index (χ1) is 15.5. The number of aliphatic hydroxyl groups excluding tert-OH is 1. The van der Waals surface area contributed by atoms with Gasteiger partial charge in [-0.15, -0.1) is 12.3 Å². The molecule has 2 N–H and O–H groups in total. The van der Waals surface area contributed by atoms with E-state index in [9.17, 15) is 5.11 Å². The van der Waals surface area contributed by atoms with E-state index in [4.69, 9.17) is 6.42 Å². The number of nitrogens with zero attached hydrogens (tertiary/aromatic N) is 4. The standard InChI is InChI=1S/C24H28BrN5OS/c1-4-5-6-8-22(31)18(2)21-15-23(30-24(28-21)20(25)16-27-30)26-11-7-12-29(3)13-9-19-10-14-32-17-19/h1,6,8,10,14-17,26,31H,5,7,9,11-13H2,2-3H3/b8-6-,22-18-. The number of anilines is 1. The van der Waals surface area contributed by atoms with E-state index in [0.29, 0.717) is 23.3 Å². The number of fused-ring (bicyclic) bond motifs is 1. The molecule has 3 rings (SSSR count). The van der Waals surface area contributed by atoms with Gasteiger partial charge >= 0.3 is 0 Å². The number of allylic oxidation sites excluding steroid dienone is 3. The number of terminal acetylenes is 1. The number of rotatable bonds is 11. The second-order valence-corrected chi connectivity index (χ2v) is 9.17. The minimum atomic E-state index is 0.144. The quantitative estimate of drug-likeness (QED) is 0.155. The molecule has 0 aliphatic carbocycles. The molecule has 8 heteroatoms. The number of halogens is 1. The summed E-state index contributed by atoms with van der Waals surface area (Å²) in [5.74, 6) is 3.50. The van der Waals surface area contributed by atoms with Crippen LogP contribution in [0.2, 0.25) is 0 Å². The van der Waals surface area contributed by atoms with Crippen LogP contribution in [0.4, 0.5) is 5.82 Å². The van der Waals surface area contributed by atoms with Crippen LogP contribution in [-0.2, 0) is 6.42 Å². The highest BCUT2D eigenvalue weighted by Crippen LogP contribution is 2.25. The zero-order valence-electron chi connectivity index (χ0n) is 18.4. The number of aliphatic hydroxyl groups is 1. The fraction of sp³-hybridized carbons (Fsp3) is 0.333. The van der Waals surface area contributed by atoms with Crippen molar-refractivity contribution in [2.24, 2.45) is 0 Å². The first-order valence-electron chi connectivity index (χ1n) is 10.5. The van der Waals surface area contributed by atoms with Gasteiger partial charge in [0.05, 0.1) is 16.4 Å². The van der Waals surface area contributed by atoms with Crippen molar-refractivity contribution in [3.8, 4) is 12.3 Å². The Morgan fingerprint density at radius 2 is 2.28 bits per heavy atom. The molecular weight excluding hydrogens is 486 g/mol. The smallest absolute Gasteiger partial charge is 0.172 e. The summed E-state index contributed by atoms with van der Waals surface area (Å²) in [5.41, 5.74) is 3.44. The largest absolute Gasteiger partial charge is 0.508 e. The molecule has 0 saturated heterocycles. The summed E-state index contributed by atoms with van der Waals surface area (Å²) in [7, 11) is 2.16. The van der Waals surface area contributed by atoms with Gasteiger partial charge in [-0.25, -0.2) is 4.98 Å². The lowest BCUT2D eigenvalue weighted by molar-refractivity contribution is 0.337. The van der Waals surface area contributed by atoms with E-state index < -0.39 is 0 Å². The van der Waals surface area contributed by atoms with Gasteiger partial charge in [0.15, 0.2) is 5.65 Å². The molecule has 0 fully saturated rings. The Bertz CT molecular complexity index is 1130. The second-order valence-electron chi connectivity index (χ2n) is 7.54. The van der Waals surface area contributed by atoms with E-state index in [1.165, 1.54) is 5.56 Å². The lowest BCUT2D eigenvalue weighted by atomic mass is 10.1. The predicted molar refractivity (Wildman–Crippen MR) is 137 cm³/mol. The van der Waals surface area contributed by atoms with Crippen molar-refractivity contribution in [3.05, 3.63) is 62.7 Å². The topological polar surface area (TPSA) is 65.7 Å². The summed E-state index contributed by atoms with van der Waals surface area (Å²) in [4.78, 5) is 7.02. The number of hydrogen-bond acceptors (Lipinski definition) is 6. The van der Waals surface area contributed by atoms with E-state index in [1.54, 1.807) is 34.2 Å². The van der Waals surface area contributed by atoms with Gasteiger partial charge in [-0.3, -0.25) is 0 Å². The number of nitrogens with one attached hydrogen (secondary N) is 1. The molecule has 0 bridgehead atoms. The predicted octanol–water partition coefficient (Wildman–Crippen LogP) is 5.40. The molecule has 3 aromatic rings. The van der Waals surface area contributed by atoms with Crippen LogP contribution in [0.25, 0.3) is 11.2 Å². The molecule has 0 saturated carbocycles. The minimum absolute atomic E-state index is 0.144.